The molecule has 0 aliphatic carbocycles. The maximum Gasteiger partial charge on any atom is 0.325 e. The van der Waals surface area contributed by atoms with E-state index in [-0.39, 0.29) is 24.8 Å². The van der Waals surface area contributed by atoms with Gasteiger partial charge in [-0.3, -0.25) is 14.4 Å². The fourth-order valence-corrected chi connectivity index (χ4v) is 2.60. The first kappa shape index (κ1) is 19.0. The number of amides is 1. The van der Waals surface area contributed by atoms with Crippen molar-refractivity contribution in [3.05, 3.63) is 96.1 Å². The molecule has 0 aliphatic rings. The van der Waals surface area contributed by atoms with Crippen molar-refractivity contribution in [3.63, 3.8) is 0 Å². The normalized spacial score (nSPS) is 10.1. The summed E-state index contributed by atoms with van der Waals surface area (Å²) in [6, 6.07) is 25.5. The number of esters is 1. The summed E-state index contributed by atoms with van der Waals surface area (Å²) in [5.74, 6) is -1.35. The van der Waals surface area contributed by atoms with Crippen LogP contribution < -0.4 is 5.32 Å². The van der Waals surface area contributed by atoms with Crippen LogP contribution in [0.4, 0.5) is 0 Å². The summed E-state index contributed by atoms with van der Waals surface area (Å²) in [6.45, 7) is -0.668. The van der Waals surface area contributed by atoms with Crippen LogP contribution >= 0.6 is 0 Å². The fourth-order valence-electron chi connectivity index (χ4n) is 2.60. The summed E-state index contributed by atoms with van der Waals surface area (Å²) in [5, 5.41) is 2.46. The summed E-state index contributed by atoms with van der Waals surface area (Å²) in [7, 11) is 0. The molecule has 1 N–H and O–H groups in total. The number of ether oxygens (including phenoxy) is 1. The smallest absolute Gasteiger partial charge is 0.325 e. The lowest BCUT2D eigenvalue weighted by Crippen LogP contribution is -2.31. The van der Waals surface area contributed by atoms with Crippen LogP contribution in [-0.2, 0) is 9.53 Å². The van der Waals surface area contributed by atoms with E-state index in [4.69, 9.17) is 4.74 Å². The molecule has 0 bridgehead atoms. The molecule has 0 aliphatic heterocycles. The molecule has 3 aromatic carbocycles. The number of carbonyl (C=O) groups is 3. The summed E-state index contributed by atoms with van der Waals surface area (Å²) in [6.07, 6.45) is 0. The Bertz CT molecular complexity index is 951. The van der Waals surface area contributed by atoms with Crippen LogP contribution in [0.5, 0.6) is 0 Å². The zero-order valence-electron chi connectivity index (χ0n) is 15.1. The number of carbonyl (C=O) groups excluding carboxylic acids is 3. The molecule has 0 spiro atoms. The van der Waals surface area contributed by atoms with E-state index in [0.29, 0.717) is 11.1 Å². The average Bonchev–Trinajstić information content (AvgIpc) is 2.77. The minimum Gasteiger partial charge on any atom is -0.456 e. The lowest BCUT2D eigenvalue weighted by molar-refractivity contribution is -0.141. The second-order valence-electron chi connectivity index (χ2n) is 6.08. The van der Waals surface area contributed by atoms with E-state index < -0.39 is 5.97 Å². The van der Waals surface area contributed by atoms with Crippen molar-refractivity contribution >= 4 is 17.7 Å². The first-order valence-corrected chi connectivity index (χ1v) is 8.81. The van der Waals surface area contributed by atoms with Gasteiger partial charge in [0, 0.05) is 11.1 Å². The van der Waals surface area contributed by atoms with Crippen LogP contribution in [-0.4, -0.2) is 30.8 Å². The first-order chi connectivity index (χ1) is 13.6. The van der Waals surface area contributed by atoms with Gasteiger partial charge in [0.25, 0.3) is 5.91 Å². The van der Waals surface area contributed by atoms with Crippen LogP contribution in [0.3, 0.4) is 0 Å². The third-order valence-corrected chi connectivity index (χ3v) is 4.11. The Morgan fingerprint density at radius 2 is 1.25 bits per heavy atom. The Morgan fingerprint density at radius 1 is 0.679 bits per heavy atom. The summed E-state index contributed by atoms with van der Waals surface area (Å²) in [5.41, 5.74) is 2.96. The van der Waals surface area contributed by atoms with Gasteiger partial charge in [-0.05, 0) is 23.3 Å². The van der Waals surface area contributed by atoms with Crippen LogP contribution in [0.25, 0.3) is 11.1 Å². The van der Waals surface area contributed by atoms with E-state index in [0.717, 1.165) is 11.1 Å². The molecule has 28 heavy (non-hydrogen) atoms. The van der Waals surface area contributed by atoms with E-state index in [9.17, 15) is 14.4 Å². The highest BCUT2D eigenvalue weighted by Crippen LogP contribution is 2.19. The van der Waals surface area contributed by atoms with Crippen LogP contribution in [0, 0.1) is 0 Å². The Morgan fingerprint density at radius 3 is 1.89 bits per heavy atom. The van der Waals surface area contributed by atoms with Gasteiger partial charge in [-0.25, -0.2) is 0 Å². The molecule has 0 unspecified atom stereocenters. The quantitative estimate of drug-likeness (QED) is 0.508. The van der Waals surface area contributed by atoms with Gasteiger partial charge in [0.2, 0.25) is 0 Å². The first-order valence-electron chi connectivity index (χ1n) is 8.81. The molecule has 0 saturated heterocycles. The van der Waals surface area contributed by atoms with Crippen molar-refractivity contribution in [2.75, 3.05) is 13.2 Å². The lowest BCUT2D eigenvalue weighted by atomic mass is 10.0. The third-order valence-electron chi connectivity index (χ3n) is 4.11. The predicted octanol–water partition coefficient (Wildman–Crippen LogP) is 3.51. The summed E-state index contributed by atoms with van der Waals surface area (Å²) >= 11 is 0. The Labute approximate surface area is 163 Å². The molecule has 3 rings (SSSR count). The molecule has 5 nitrogen and oxygen atoms in total. The molecule has 0 fully saturated rings. The van der Waals surface area contributed by atoms with E-state index in [2.05, 4.69) is 5.32 Å². The topological polar surface area (TPSA) is 72.5 Å². The lowest BCUT2D eigenvalue weighted by Gasteiger charge is -2.07. The van der Waals surface area contributed by atoms with Crippen LogP contribution in [0.2, 0.25) is 0 Å². The molecule has 0 saturated carbocycles. The molecular formula is C23H19NO4. The van der Waals surface area contributed by atoms with Crippen molar-refractivity contribution < 1.29 is 19.1 Å². The van der Waals surface area contributed by atoms with Crippen molar-refractivity contribution in [2.24, 2.45) is 0 Å². The molecule has 0 radical (unpaired) electrons. The molecule has 0 heterocycles. The maximum absolute atomic E-state index is 12.2. The zero-order chi connectivity index (χ0) is 19.8. The highest BCUT2D eigenvalue weighted by Gasteiger charge is 2.12. The van der Waals surface area contributed by atoms with Gasteiger partial charge < -0.3 is 10.1 Å². The van der Waals surface area contributed by atoms with Gasteiger partial charge in [-0.2, -0.15) is 0 Å². The Balaban J connectivity index is 1.47. The minimum absolute atomic E-state index is 0.298. The second kappa shape index (κ2) is 9.28. The van der Waals surface area contributed by atoms with Crippen molar-refractivity contribution in [3.8, 4) is 11.1 Å². The van der Waals surface area contributed by atoms with Gasteiger partial charge in [-0.15, -0.1) is 0 Å². The Kier molecular flexibility index (Phi) is 6.31. The van der Waals surface area contributed by atoms with E-state index >= 15 is 0 Å². The van der Waals surface area contributed by atoms with Crippen molar-refractivity contribution in [1.29, 1.82) is 0 Å². The molecule has 0 aromatic heterocycles. The van der Waals surface area contributed by atoms with Crippen LogP contribution in [0.1, 0.15) is 20.7 Å². The monoisotopic (exact) mass is 373 g/mol. The molecule has 5 heteroatoms. The number of ketones is 1. The second-order valence-corrected chi connectivity index (χ2v) is 6.08. The molecule has 140 valence electrons. The number of hydrogen-bond acceptors (Lipinski definition) is 4. The number of rotatable bonds is 7. The average molecular weight is 373 g/mol. The molecule has 1 amide bonds. The molecule has 0 atom stereocenters. The van der Waals surface area contributed by atoms with Gasteiger partial charge >= 0.3 is 5.97 Å². The van der Waals surface area contributed by atoms with Gasteiger partial charge in [0.1, 0.15) is 6.54 Å². The highest BCUT2D eigenvalue weighted by atomic mass is 16.5. The summed E-state index contributed by atoms with van der Waals surface area (Å²) < 4.78 is 4.96. The molecule has 3 aromatic rings. The third kappa shape index (κ3) is 5.14. The standard InChI is InChI=1S/C23H19NO4/c25-21(19-13-11-18(12-14-19)17-7-3-1-4-8-17)16-28-22(26)15-24-23(27)20-9-5-2-6-10-20/h1-14H,15-16H2,(H,24,27). The highest BCUT2D eigenvalue weighted by molar-refractivity contribution is 5.99. The predicted molar refractivity (Wildman–Crippen MR) is 106 cm³/mol. The van der Waals surface area contributed by atoms with E-state index in [1.807, 2.05) is 42.5 Å². The summed E-state index contributed by atoms with van der Waals surface area (Å²) in [4.78, 5) is 35.8. The molecular weight excluding hydrogens is 354 g/mol. The number of hydrogen-bond donors (Lipinski definition) is 1. The van der Waals surface area contributed by atoms with Crippen LogP contribution in [0.15, 0.2) is 84.9 Å². The van der Waals surface area contributed by atoms with Crippen molar-refractivity contribution in [2.45, 2.75) is 0 Å². The zero-order valence-corrected chi connectivity index (χ0v) is 15.1. The van der Waals surface area contributed by atoms with E-state index in [1.165, 1.54) is 0 Å². The number of Topliss-reactive ketones (excluding diaryl/α,β-unsaturated/α-hetero) is 1. The Hall–Kier alpha value is -3.73. The number of nitrogens with one attached hydrogen (secondary N) is 1. The van der Waals surface area contributed by atoms with E-state index in [1.54, 1.807) is 42.5 Å². The van der Waals surface area contributed by atoms with Gasteiger partial charge in [0.05, 0.1) is 0 Å². The maximum atomic E-state index is 12.2. The van der Waals surface area contributed by atoms with Gasteiger partial charge in [-0.1, -0.05) is 72.8 Å². The minimum atomic E-state index is -0.668. The van der Waals surface area contributed by atoms with Crippen molar-refractivity contribution in [1.82, 2.24) is 5.32 Å². The largest absolute Gasteiger partial charge is 0.456 e. The fraction of sp³-hybridized carbons (Fsp3) is 0.0870. The van der Waals surface area contributed by atoms with Gasteiger partial charge in [0.15, 0.2) is 12.4 Å². The SMILES string of the molecule is O=C(CNC(=O)c1ccccc1)OCC(=O)c1ccc(-c2ccccc2)cc1. The number of benzene rings is 3.